The highest BCUT2D eigenvalue weighted by atomic mass is 32.2. The molecule has 2 atom stereocenters. The highest BCUT2D eigenvalue weighted by molar-refractivity contribution is 8.01. The Hall–Kier alpha value is -1.15. The quantitative estimate of drug-likeness (QED) is 0.649. The van der Waals surface area contributed by atoms with Crippen LogP contribution in [0.15, 0.2) is 9.44 Å². The Morgan fingerprint density at radius 2 is 2.27 bits per heavy atom. The third-order valence-corrected chi connectivity index (χ3v) is 7.46. The molecule has 120 valence electrons. The fraction of sp³-hybridized carbons (Fsp3) is 0.714. The molecule has 0 radical (unpaired) electrons. The van der Waals surface area contributed by atoms with Gasteiger partial charge in [0.2, 0.25) is 5.13 Å². The molecule has 1 amide bonds. The zero-order valence-electron chi connectivity index (χ0n) is 13.0. The average molecular weight is 339 g/mol. The highest BCUT2D eigenvalue weighted by Gasteiger charge is 2.59. The van der Waals surface area contributed by atoms with Crippen LogP contribution < -0.4 is 11.2 Å². The summed E-state index contributed by atoms with van der Waals surface area (Å²) in [4.78, 5) is 11.9. The normalized spacial score (nSPS) is 30.9. The number of thioether (sulfide) groups is 1. The molecule has 0 aromatic carbocycles. The smallest absolute Gasteiger partial charge is 0.250 e. The number of hydrogen-bond donors (Lipinski definition) is 2. The molecule has 2 aliphatic rings. The van der Waals surface area contributed by atoms with Crippen molar-refractivity contribution in [2.45, 2.75) is 44.4 Å². The molecule has 6 nitrogen and oxygen atoms in total. The number of hydrazone groups is 1. The number of anilines is 1. The number of nitrogens with two attached hydrogens (primary N) is 1. The van der Waals surface area contributed by atoms with Gasteiger partial charge in [0.1, 0.15) is 0 Å². The molecule has 22 heavy (non-hydrogen) atoms. The van der Waals surface area contributed by atoms with Crippen LogP contribution >= 0.6 is 23.1 Å². The first-order valence-corrected chi connectivity index (χ1v) is 9.21. The minimum Gasteiger partial charge on any atom is -0.374 e. The molecule has 0 spiro atoms. The summed E-state index contributed by atoms with van der Waals surface area (Å²) in [6.45, 7) is 6.93. The van der Waals surface area contributed by atoms with Gasteiger partial charge in [-0.05, 0) is 30.6 Å². The topological polar surface area (TPSA) is 93.3 Å². The number of nitrogens with one attached hydrogen (secondary N) is 1. The lowest BCUT2D eigenvalue weighted by atomic mass is 9.70. The van der Waals surface area contributed by atoms with Gasteiger partial charge in [0.25, 0.3) is 5.91 Å². The van der Waals surface area contributed by atoms with E-state index in [1.807, 2.05) is 0 Å². The van der Waals surface area contributed by atoms with Crippen LogP contribution in [0.3, 0.4) is 0 Å². The van der Waals surface area contributed by atoms with Crippen molar-refractivity contribution in [2.24, 2.45) is 21.8 Å². The Kier molecular flexibility index (Phi) is 3.92. The zero-order valence-corrected chi connectivity index (χ0v) is 14.7. The molecule has 1 aromatic heterocycles. The Bertz CT molecular complexity index is 627. The zero-order chi connectivity index (χ0) is 16.0. The molecule has 0 saturated heterocycles. The van der Waals surface area contributed by atoms with Crippen LogP contribution in [0.1, 0.15) is 40.0 Å². The van der Waals surface area contributed by atoms with Crippen molar-refractivity contribution in [2.75, 3.05) is 11.5 Å². The Labute approximate surface area is 138 Å². The summed E-state index contributed by atoms with van der Waals surface area (Å²) in [6.07, 6.45) is 3.44. The van der Waals surface area contributed by atoms with E-state index in [-0.39, 0.29) is 22.5 Å². The van der Waals surface area contributed by atoms with Crippen LogP contribution in [0.5, 0.6) is 0 Å². The monoisotopic (exact) mass is 339 g/mol. The first-order chi connectivity index (χ1) is 10.3. The van der Waals surface area contributed by atoms with Gasteiger partial charge in [-0.1, -0.05) is 43.9 Å². The van der Waals surface area contributed by atoms with Gasteiger partial charge in [-0.15, -0.1) is 10.2 Å². The largest absolute Gasteiger partial charge is 0.374 e. The summed E-state index contributed by atoms with van der Waals surface area (Å²) in [5, 5.41) is 12.5. The van der Waals surface area contributed by atoms with Gasteiger partial charge < -0.3 is 5.73 Å². The molecule has 2 fully saturated rings. The van der Waals surface area contributed by atoms with E-state index < -0.39 is 0 Å². The van der Waals surface area contributed by atoms with Gasteiger partial charge in [0.15, 0.2) is 4.34 Å². The number of aromatic nitrogens is 2. The molecular weight excluding hydrogens is 318 g/mol. The molecule has 0 aliphatic heterocycles. The summed E-state index contributed by atoms with van der Waals surface area (Å²) in [5.41, 5.74) is 9.75. The number of carbonyl (C=O) groups is 1. The lowest BCUT2D eigenvalue weighted by molar-refractivity contribution is -0.118. The van der Waals surface area contributed by atoms with Crippen molar-refractivity contribution < 1.29 is 4.79 Å². The van der Waals surface area contributed by atoms with Crippen LogP contribution in [0.2, 0.25) is 0 Å². The number of fused-ring (bicyclic) bond motifs is 2. The standard InChI is InChI=1S/C14H21N5OS2/c1-13(2)8-4-5-14(13,3)9(6-8)16-17-10(20)7-21-12-19-18-11(15)22-12/h8H,4-7H2,1-3H3,(H2,15,18)(H,17,20)/b16-9+/t8-,14-/m1/s1. The minimum atomic E-state index is -0.115. The maximum atomic E-state index is 11.9. The predicted octanol–water partition coefficient (Wildman–Crippen LogP) is 2.53. The molecular formula is C14H21N5OS2. The first-order valence-electron chi connectivity index (χ1n) is 7.40. The molecule has 8 heteroatoms. The van der Waals surface area contributed by atoms with Crippen LogP contribution in [0, 0.1) is 16.7 Å². The van der Waals surface area contributed by atoms with Crippen LogP contribution in [0.25, 0.3) is 0 Å². The van der Waals surface area contributed by atoms with E-state index in [9.17, 15) is 4.79 Å². The van der Waals surface area contributed by atoms with E-state index in [1.165, 1.54) is 29.5 Å². The Morgan fingerprint density at radius 1 is 1.50 bits per heavy atom. The third-order valence-electron chi connectivity index (χ3n) is 5.58. The van der Waals surface area contributed by atoms with E-state index in [1.54, 1.807) is 0 Å². The summed E-state index contributed by atoms with van der Waals surface area (Å²) in [5.74, 6) is 0.844. The van der Waals surface area contributed by atoms with E-state index in [2.05, 4.69) is 41.5 Å². The molecule has 3 N–H and O–H groups in total. The Morgan fingerprint density at radius 3 is 2.82 bits per heavy atom. The SMILES string of the molecule is CC1(C)[C@@H]2CC[C@]1(C)/C(=N/NC(=O)CSc1nnc(N)s1)C2. The average Bonchev–Trinajstić information content (AvgIpc) is 3.03. The number of rotatable bonds is 4. The van der Waals surface area contributed by atoms with Crippen molar-refractivity contribution in [3.8, 4) is 0 Å². The van der Waals surface area contributed by atoms with Gasteiger partial charge in [-0.3, -0.25) is 4.79 Å². The van der Waals surface area contributed by atoms with Crippen molar-refractivity contribution >= 4 is 39.8 Å². The van der Waals surface area contributed by atoms with E-state index in [4.69, 9.17) is 5.73 Å². The number of nitrogens with zero attached hydrogens (tertiary/aromatic N) is 3. The van der Waals surface area contributed by atoms with Crippen molar-refractivity contribution in [3.05, 3.63) is 0 Å². The second-order valence-electron chi connectivity index (χ2n) is 6.78. The fourth-order valence-corrected chi connectivity index (χ4v) is 5.09. The lowest BCUT2D eigenvalue weighted by Gasteiger charge is -2.34. The number of carbonyl (C=O) groups excluding carboxylic acids is 1. The first kappa shape index (κ1) is 15.7. The Balaban J connectivity index is 1.57. The van der Waals surface area contributed by atoms with Crippen LogP contribution in [-0.2, 0) is 4.79 Å². The second-order valence-corrected chi connectivity index (χ2v) is 9.01. The number of hydrogen-bond acceptors (Lipinski definition) is 7. The van der Waals surface area contributed by atoms with E-state index in [0.29, 0.717) is 15.4 Å². The van der Waals surface area contributed by atoms with Crippen LogP contribution in [-0.4, -0.2) is 27.6 Å². The van der Waals surface area contributed by atoms with Crippen molar-refractivity contribution in [3.63, 3.8) is 0 Å². The maximum Gasteiger partial charge on any atom is 0.250 e. The number of amides is 1. The third kappa shape index (κ3) is 2.52. The van der Waals surface area contributed by atoms with Crippen LogP contribution in [0.4, 0.5) is 5.13 Å². The summed E-state index contributed by atoms with van der Waals surface area (Å²) < 4.78 is 0.702. The highest BCUT2D eigenvalue weighted by Crippen LogP contribution is 2.63. The molecule has 2 bridgehead atoms. The molecule has 2 aliphatic carbocycles. The fourth-order valence-electron chi connectivity index (χ4n) is 3.67. The van der Waals surface area contributed by atoms with Gasteiger partial charge in [-0.2, -0.15) is 5.10 Å². The van der Waals surface area contributed by atoms with E-state index in [0.717, 1.165) is 18.6 Å². The predicted molar refractivity (Wildman–Crippen MR) is 89.9 cm³/mol. The lowest BCUT2D eigenvalue weighted by Crippen LogP contribution is -2.34. The minimum absolute atomic E-state index is 0.115. The molecule has 1 aromatic rings. The second kappa shape index (κ2) is 5.49. The molecule has 2 saturated carbocycles. The summed E-state index contributed by atoms with van der Waals surface area (Å²) >= 11 is 2.61. The van der Waals surface area contributed by atoms with Gasteiger partial charge >= 0.3 is 0 Å². The maximum absolute atomic E-state index is 11.9. The van der Waals surface area contributed by atoms with Gasteiger partial charge in [0, 0.05) is 11.1 Å². The summed E-state index contributed by atoms with van der Waals surface area (Å²) in [6, 6.07) is 0. The van der Waals surface area contributed by atoms with Crippen molar-refractivity contribution in [1.29, 1.82) is 0 Å². The van der Waals surface area contributed by atoms with Gasteiger partial charge in [-0.25, -0.2) is 5.43 Å². The molecule has 1 heterocycles. The van der Waals surface area contributed by atoms with Gasteiger partial charge in [0.05, 0.1) is 5.75 Å². The van der Waals surface area contributed by atoms with E-state index >= 15 is 0 Å². The summed E-state index contributed by atoms with van der Waals surface area (Å²) in [7, 11) is 0. The molecule has 3 rings (SSSR count). The molecule has 0 unspecified atom stereocenters. The number of nitrogen functional groups attached to an aromatic ring is 1. The van der Waals surface area contributed by atoms with Crippen molar-refractivity contribution in [1.82, 2.24) is 15.6 Å².